The Labute approximate surface area is 102 Å². The average Bonchev–Trinajstić information content (AvgIpc) is 2.36. The molecule has 0 bridgehead atoms. The maximum absolute atomic E-state index is 13.3. The summed E-state index contributed by atoms with van der Waals surface area (Å²) in [5.74, 6) is -0.930. The number of rotatable bonds is 0. The number of benzene rings is 2. The molecule has 0 aliphatic heterocycles. The van der Waals surface area contributed by atoms with Crippen molar-refractivity contribution in [1.29, 1.82) is 0 Å². The van der Waals surface area contributed by atoms with Gasteiger partial charge >= 0.3 is 0 Å². The van der Waals surface area contributed by atoms with Crippen LogP contribution in [-0.4, -0.2) is 10.2 Å². The first kappa shape index (κ1) is 11.3. The quantitative estimate of drug-likeness (QED) is 0.752. The highest BCUT2D eigenvalue weighted by Gasteiger charge is 2.31. The first-order chi connectivity index (χ1) is 8.58. The van der Waals surface area contributed by atoms with Gasteiger partial charge < -0.3 is 10.2 Å². The second-order valence-corrected chi connectivity index (χ2v) is 4.35. The summed E-state index contributed by atoms with van der Waals surface area (Å²) in [4.78, 5) is 0. The van der Waals surface area contributed by atoms with Crippen molar-refractivity contribution in [2.24, 2.45) is 0 Å². The number of fused-ring (bicyclic) bond motifs is 3. The Morgan fingerprint density at radius 1 is 0.722 bits per heavy atom. The van der Waals surface area contributed by atoms with E-state index in [4.69, 9.17) is 0 Å². The van der Waals surface area contributed by atoms with Crippen LogP contribution in [0.1, 0.15) is 23.3 Å². The molecule has 0 unspecified atom stereocenters. The largest absolute Gasteiger partial charge is 0.385 e. The van der Waals surface area contributed by atoms with E-state index in [1.54, 1.807) is 0 Å². The molecule has 3 rings (SSSR count). The minimum Gasteiger partial charge on any atom is -0.385 e. The molecule has 0 heterocycles. The smallest absolute Gasteiger partial charge is 0.123 e. The van der Waals surface area contributed by atoms with Crippen molar-refractivity contribution >= 4 is 0 Å². The van der Waals surface area contributed by atoms with Crippen molar-refractivity contribution in [3.05, 3.63) is 59.2 Å². The van der Waals surface area contributed by atoms with Crippen LogP contribution in [0, 0.1) is 11.6 Å². The molecular formula is C14H10F2O2. The number of aliphatic hydroxyl groups is 2. The molecule has 2 nitrogen and oxygen atoms in total. The summed E-state index contributed by atoms with van der Waals surface area (Å²) in [5.41, 5.74) is 1.65. The molecule has 0 saturated carbocycles. The Hall–Kier alpha value is -1.78. The van der Waals surface area contributed by atoms with Crippen LogP contribution in [0.4, 0.5) is 8.78 Å². The summed E-state index contributed by atoms with van der Waals surface area (Å²) in [6, 6.07) is 7.71. The highest BCUT2D eigenvalue weighted by atomic mass is 19.1. The molecule has 2 aromatic rings. The predicted octanol–water partition coefficient (Wildman–Crippen LogP) is 2.71. The number of aliphatic hydroxyl groups excluding tert-OH is 2. The zero-order valence-corrected chi connectivity index (χ0v) is 9.27. The van der Waals surface area contributed by atoms with Gasteiger partial charge in [-0.3, -0.25) is 0 Å². The van der Waals surface area contributed by atoms with Crippen molar-refractivity contribution in [3.63, 3.8) is 0 Å². The number of halogens is 2. The number of hydrogen-bond acceptors (Lipinski definition) is 2. The highest BCUT2D eigenvalue weighted by molar-refractivity contribution is 5.74. The summed E-state index contributed by atoms with van der Waals surface area (Å²) in [7, 11) is 0. The van der Waals surface area contributed by atoms with Crippen LogP contribution in [0.25, 0.3) is 11.1 Å². The zero-order valence-electron chi connectivity index (χ0n) is 9.27. The molecule has 0 fully saturated rings. The highest BCUT2D eigenvalue weighted by Crippen LogP contribution is 2.44. The predicted molar refractivity (Wildman–Crippen MR) is 61.7 cm³/mol. The van der Waals surface area contributed by atoms with Crippen LogP contribution in [0.15, 0.2) is 36.4 Å². The molecule has 0 radical (unpaired) electrons. The van der Waals surface area contributed by atoms with Gasteiger partial charge in [0.15, 0.2) is 0 Å². The lowest BCUT2D eigenvalue weighted by Crippen LogP contribution is -2.17. The molecule has 0 saturated heterocycles. The Kier molecular flexibility index (Phi) is 2.43. The van der Waals surface area contributed by atoms with E-state index in [1.165, 1.54) is 36.4 Å². The van der Waals surface area contributed by atoms with E-state index in [0.29, 0.717) is 22.3 Å². The lowest BCUT2D eigenvalue weighted by atomic mass is 9.82. The molecule has 0 spiro atoms. The van der Waals surface area contributed by atoms with Gasteiger partial charge in [-0.1, -0.05) is 12.1 Å². The Morgan fingerprint density at radius 2 is 1.11 bits per heavy atom. The Balaban J connectivity index is 2.33. The van der Waals surface area contributed by atoms with Gasteiger partial charge in [0, 0.05) is 0 Å². The standard InChI is InChI=1S/C14H10F2O2/c15-7-1-3-9-11(5-7)12-6-8(16)2-4-10(12)14(18)13(9)17/h1-6,13-14,17-18H/t13-,14-/m1/s1. The monoisotopic (exact) mass is 248 g/mol. The molecular weight excluding hydrogens is 238 g/mol. The molecule has 4 heteroatoms. The molecule has 92 valence electrons. The van der Waals surface area contributed by atoms with Gasteiger partial charge in [0.05, 0.1) is 0 Å². The minimum absolute atomic E-state index is 0.405. The van der Waals surface area contributed by atoms with Crippen LogP contribution < -0.4 is 0 Å². The van der Waals surface area contributed by atoms with Crippen LogP contribution in [0.3, 0.4) is 0 Å². The molecule has 0 aromatic heterocycles. The summed E-state index contributed by atoms with van der Waals surface area (Å²) < 4.78 is 26.6. The lowest BCUT2D eigenvalue weighted by Gasteiger charge is -2.29. The third kappa shape index (κ3) is 1.54. The third-order valence-corrected chi connectivity index (χ3v) is 3.26. The molecule has 1 aliphatic rings. The normalized spacial score (nSPS) is 21.3. The molecule has 1 aliphatic carbocycles. The average molecular weight is 248 g/mol. The van der Waals surface area contributed by atoms with Crippen molar-refractivity contribution in [2.75, 3.05) is 0 Å². The fourth-order valence-corrected chi connectivity index (χ4v) is 2.38. The SMILES string of the molecule is O[C@@H]1c2ccc(F)cc2-c2cc(F)ccc2[C@H]1O. The van der Waals surface area contributed by atoms with E-state index >= 15 is 0 Å². The topological polar surface area (TPSA) is 40.5 Å². The van der Waals surface area contributed by atoms with E-state index in [0.717, 1.165) is 0 Å². The van der Waals surface area contributed by atoms with E-state index in [2.05, 4.69) is 0 Å². The van der Waals surface area contributed by atoms with Gasteiger partial charge in [-0.15, -0.1) is 0 Å². The minimum atomic E-state index is -1.13. The van der Waals surface area contributed by atoms with Crippen molar-refractivity contribution < 1.29 is 19.0 Å². The first-order valence-corrected chi connectivity index (χ1v) is 5.53. The summed E-state index contributed by atoms with van der Waals surface area (Å²) >= 11 is 0. The Bertz CT molecular complexity index is 570. The fourth-order valence-electron chi connectivity index (χ4n) is 2.38. The maximum Gasteiger partial charge on any atom is 0.123 e. The third-order valence-electron chi connectivity index (χ3n) is 3.26. The van der Waals surface area contributed by atoms with E-state index < -0.39 is 23.8 Å². The van der Waals surface area contributed by atoms with Crippen LogP contribution in [0.5, 0.6) is 0 Å². The van der Waals surface area contributed by atoms with Gasteiger partial charge in [-0.05, 0) is 46.5 Å². The summed E-state index contributed by atoms with van der Waals surface area (Å²) in [6.07, 6.45) is -2.25. The van der Waals surface area contributed by atoms with Crippen LogP contribution >= 0.6 is 0 Å². The Morgan fingerprint density at radius 3 is 1.50 bits per heavy atom. The van der Waals surface area contributed by atoms with Gasteiger partial charge in [0.1, 0.15) is 23.8 Å². The van der Waals surface area contributed by atoms with Crippen LogP contribution in [-0.2, 0) is 0 Å². The van der Waals surface area contributed by atoms with E-state index in [1.807, 2.05) is 0 Å². The van der Waals surface area contributed by atoms with Crippen molar-refractivity contribution in [1.82, 2.24) is 0 Å². The fraction of sp³-hybridized carbons (Fsp3) is 0.143. The second kappa shape index (κ2) is 3.86. The van der Waals surface area contributed by atoms with E-state index in [9.17, 15) is 19.0 Å². The lowest BCUT2D eigenvalue weighted by molar-refractivity contribution is 0.0157. The summed E-state index contributed by atoms with van der Waals surface area (Å²) in [6.45, 7) is 0. The molecule has 18 heavy (non-hydrogen) atoms. The second-order valence-electron chi connectivity index (χ2n) is 4.35. The molecule has 2 aromatic carbocycles. The first-order valence-electron chi connectivity index (χ1n) is 5.53. The molecule has 0 amide bonds. The maximum atomic E-state index is 13.3. The van der Waals surface area contributed by atoms with Gasteiger partial charge in [-0.2, -0.15) is 0 Å². The molecule has 2 N–H and O–H groups in total. The van der Waals surface area contributed by atoms with Crippen molar-refractivity contribution in [2.45, 2.75) is 12.2 Å². The van der Waals surface area contributed by atoms with Crippen LogP contribution in [0.2, 0.25) is 0 Å². The van der Waals surface area contributed by atoms with Crippen molar-refractivity contribution in [3.8, 4) is 11.1 Å². The van der Waals surface area contributed by atoms with E-state index in [-0.39, 0.29) is 0 Å². The van der Waals surface area contributed by atoms with Gasteiger partial charge in [0.2, 0.25) is 0 Å². The number of hydrogen-bond donors (Lipinski definition) is 2. The summed E-state index contributed by atoms with van der Waals surface area (Å²) in [5, 5.41) is 19.9. The molecule has 2 atom stereocenters. The van der Waals surface area contributed by atoms with Gasteiger partial charge in [0.25, 0.3) is 0 Å². The zero-order chi connectivity index (χ0) is 12.9. The van der Waals surface area contributed by atoms with Gasteiger partial charge in [-0.25, -0.2) is 8.78 Å².